The van der Waals surface area contributed by atoms with Crippen LogP contribution in [0.15, 0.2) is 36.4 Å². The van der Waals surface area contributed by atoms with Crippen LogP contribution >= 0.6 is 0 Å². The van der Waals surface area contributed by atoms with Crippen LogP contribution < -0.4 is 19.5 Å². The highest BCUT2D eigenvalue weighted by molar-refractivity contribution is 5.91. The number of benzene rings is 2. The zero-order chi connectivity index (χ0) is 16.2. The van der Waals surface area contributed by atoms with Crippen molar-refractivity contribution in [2.45, 2.75) is 0 Å². The van der Waals surface area contributed by atoms with Crippen LogP contribution in [0.4, 0.5) is 14.5 Å². The fourth-order valence-electron chi connectivity index (χ4n) is 2.09. The van der Waals surface area contributed by atoms with Crippen LogP contribution in [0.3, 0.4) is 0 Å². The van der Waals surface area contributed by atoms with Crippen molar-refractivity contribution in [1.82, 2.24) is 0 Å². The minimum absolute atomic E-state index is 0.0262. The van der Waals surface area contributed by atoms with Gasteiger partial charge in [0, 0.05) is 17.8 Å². The standard InChI is InChI=1S/C16H13F2NO4/c17-10-5-11(18)7-12(6-10)19-16(20)9-23-13-1-2-14-15(8-13)22-4-3-21-14/h1-2,5-8H,3-4,9H2,(H,19,20). The lowest BCUT2D eigenvalue weighted by atomic mass is 10.3. The summed E-state index contributed by atoms with van der Waals surface area (Å²) in [5, 5.41) is 2.36. The largest absolute Gasteiger partial charge is 0.486 e. The fraction of sp³-hybridized carbons (Fsp3) is 0.188. The highest BCUT2D eigenvalue weighted by atomic mass is 19.1. The predicted molar refractivity (Wildman–Crippen MR) is 77.9 cm³/mol. The number of fused-ring (bicyclic) bond motifs is 1. The fourth-order valence-corrected chi connectivity index (χ4v) is 2.09. The van der Waals surface area contributed by atoms with Crippen molar-refractivity contribution in [3.63, 3.8) is 0 Å². The Balaban J connectivity index is 1.58. The molecule has 0 saturated carbocycles. The molecule has 120 valence electrons. The molecule has 2 aromatic carbocycles. The third kappa shape index (κ3) is 3.88. The van der Waals surface area contributed by atoms with Crippen molar-refractivity contribution in [1.29, 1.82) is 0 Å². The molecular weight excluding hydrogens is 308 g/mol. The molecular formula is C16H13F2NO4. The summed E-state index contributed by atoms with van der Waals surface area (Å²) in [5.41, 5.74) is 0.0262. The van der Waals surface area contributed by atoms with Gasteiger partial charge in [0.25, 0.3) is 5.91 Å². The number of rotatable bonds is 4. The van der Waals surface area contributed by atoms with Crippen molar-refractivity contribution in [3.8, 4) is 17.2 Å². The lowest BCUT2D eigenvalue weighted by Gasteiger charge is -2.18. The second kappa shape index (κ2) is 6.51. The Morgan fingerprint density at radius 1 is 1.04 bits per heavy atom. The number of ether oxygens (including phenoxy) is 3. The van der Waals surface area contributed by atoms with E-state index in [0.29, 0.717) is 30.5 Å². The van der Waals surface area contributed by atoms with Crippen LogP contribution in [0.25, 0.3) is 0 Å². The first kappa shape index (κ1) is 15.1. The lowest BCUT2D eigenvalue weighted by Crippen LogP contribution is -2.20. The SMILES string of the molecule is O=C(COc1ccc2c(c1)OCCO2)Nc1cc(F)cc(F)c1. The summed E-state index contributed by atoms with van der Waals surface area (Å²) in [6.45, 7) is 0.625. The van der Waals surface area contributed by atoms with Gasteiger partial charge in [0.15, 0.2) is 18.1 Å². The molecule has 2 aromatic rings. The first-order valence-corrected chi connectivity index (χ1v) is 6.88. The normalized spacial score (nSPS) is 12.6. The molecule has 0 fully saturated rings. The molecule has 0 unspecified atom stereocenters. The number of hydrogen-bond acceptors (Lipinski definition) is 4. The number of amides is 1. The Labute approximate surface area is 130 Å². The van der Waals surface area contributed by atoms with Gasteiger partial charge in [-0.05, 0) is 24.3 Å². The molecule has 1 N–H and O–H groups in total. The first-order valence-electron chi connectivity index (χ1n) is 6.88. The van der Waals surface area contributed by atoms with E-state index in [1.54, 1.807) is 18.2 Å². The van der Waals surface area contributed by atoms with Gasteiger partial charge in [-0.15, -0.1) is 0 Å². The number of hydrogen-bond donors (Lipinski definition) is 1. The second-order valence-electron chi connectivity index (χ2n) is 4.80. The van der Waals surface area contributed by atoms with Gasteiger partial charge in [-0.1, -0.05) is 0 Å². The van der Waals surface area contributed by atoms with Crippen molar-refractivity contribution in [2.24, 2.45) is 0 Å². The van der Waals surface area contributed by atoms with Crippen molar-refractivity contribution < 1.29 is 27.8 Å². The summed E-state index contributed by atoms with van der Waals surface area (Å²) in [7, 11) is 0. The average molecular weight is 321 g/mol. The predicted octanol–water partition coefficient (Wildman–Crippen LogP) is 2.75. The molecule has 0 bridgehead atoms. The molecule has 5 nitrogen and oxygen atoms in total. The third-order valence-electron chi connectivity index (χ3n) is 3.03. The maximum atomic E-state index is 13.0. The van der Waals surface area contributed by atoms with E-state index < -0.39 is 17.5 Å². The van der Waals surface area contributed by atoms with Gasteiger partial charge >= 0.3 is 0 Å². The van der Waals surface area contributed by atoms with Crippen molar-refractivity contribution >= 4 is 11.6 Å². The first-order chi connectivity index (χ1) is 11.1. The molecule has 1 aliphatic heterocycles. The molecule has 0 aliphatic carbocycles. The van der Waals surface area contributed by atoms with Crippen LogP contribution in [0.5, 0.6) is 17.2 Å². The minimum atomic E-state index is -0.770. The van der Waals surface area contributed by atoms with Crippen LogP contribution in [0.1, 0.15) is 0 Å². The number of halogens is 2. The summed E-state index contributed by atoms with van der Waals surface area (Å²) < 4.78 is 42.2. The summed E-state index contributed by atoms with van der Waals surface area (Å²) in [5.74, 6) is -0.495. The molecule has 0 radical (unpaired) electrons. The number of carbonyl (C=O) groups is 1. The van der Waals surface area contributed by atoms with E-state index in [1.165, 1.54) is 0 Å². The number of carbonyl (C=O) groups excluding carboxylic acids is 1. The van der Waals surface area contributed by atoms with Gasteiger partial charge in [-0.2, -0.15) is 0 Å². The molecule has 7 heteroatoms. The van der Waals surface area contributed by atoms with E-state index in [0.717, 1.165) is 18.2 Å². The monoisotopic (exact) mass is 321 g/mol. The van der Waals surface area contributed by atoms with Crippen molar-refractivity contribution in [2.75, 3.05) is 25.1 Å². The Morgan fingerprint density at radius 3 is 2.48 bits per heavy atom. The topological polar surface area (TPSA) is 56.8 Å². The zero-order valence-corrected chi connectivity index (χ0v) is 12.0. The molecule has 0 spiro atoms. The van der Waals surface area contributed by atoms with Gasteiger partial charge < -0.3 is 19.5 Å². The highest BCUT2D eigenvalue weighted by Crippen LogP contribution is 2.33. The highest BCUT2D eigenvalue weighted by Gasteiger charge is 2.13. The quantitative estimate of drug-likeness (QED) is 0.941. The second-order valence-corrected chi connectivity index (χ2v) is 4.80. The van der Waals surface area contributed by atoms with Gasteiger partial charge in [0.05, 0.1) is 0 Å². The summed E-state index contributed by atoms with van der Waals surface area (Å²) in [6, 6.07) is 7.70. The molecule has 0 aromatic heterocycles. The van der Waals surface area contributed by atoms with Crippen LogP contribution in [-0.2, 0) is 4.79 Å². The molecule has 1 heterocycles. The maximum absolute atomic E-state index is 13.0. The Bertz CT molecular complexity index is 716. The van der Waals surface area contributed by atoms with Gasteiger partial charge in [0.2, 0.25) is 0 Å². The van der Waals surface area contributed by atoms with E-state index in [4.69, 9.17) is 14.2 Å². The van der Waals surface area contributed by atoms with E-state index >= 15 is 0 Å². The molecule has 0 saturated heterocycles. The maximum Gasteiger partial charge on any atom is 0.262 e. The van der Waals surface area contributed by atoms with E-state index in [-0.39, 0.29) is 12.3 Å². The molecule has 3 rings (SSSR count). The van der Waals surface area contributed by atoms with Crippen LogP contribution in [-0.4, -0.2) is 25.7 Å². The minimum Gasteiger partial charge on any atom is -0.486 e. The van der Waals surface area contributed by atoms with E-state index in [9.17, 15) is 13.6 Å². The van der Waals surface area contributed by atoms with Gasteiger partial charge in [0.1, 0.15) is 30.6 Å². The summed E-state index contributed by atoms with van der Waals surface area (Å²) in [4.78, 5) is 11.8. The average Bonchev–Trinajstić information content (AvgIpc) is 2.52. The summed E-state index contributed by atoms with van der Waals surface area (Å²) in [6.07, 6.45) is 0. The number of anilines is 1. The molecule has 23 heavy (non-hydrogen) atoms. The van der Waals surface area contributed by atoms with Gasteiger partial charge in [-0.3, -0.25) is 4.79 Å². The van der Waals surface area contributed by atoms with E-state index in [1.807, 2.05) is 0 Å². The molecule has 1 aliphatic rings. The van der Waals surface area contributed by atoms with Gasteiger partial charge in [-0.25, -0.2) is 8.78 Å². The lowest BCUT2D eigenvalue weighted by molar-refractivity contribution is -0.118. The molecule has 0 atom stereocenters. The Morgan fingerprint density at radius 2 is 1.74 bits per heavy atom. The van der Waals surface area contributed by atoms with Crippen LogP contribution in [0, 0.1) is 11.6 Å². The summed E-state index contributed by atoms with van der Waals surface area (Å²) >= 11 is 0. The van der Waals surface area contributed by atoms with Crippen molar-refractivity contribution in [3.05, 3.63) is 48.0 Å². The Kier molecular flexibility index (Phi) is 4.27. The number of nitrogens with one attached hydrogen (secondary N) is 1. The third-order valence-corrected chi connectivity index (χ3v) is 3.03. The Hall–Kier alpha value is -2.83. The van der Waals surface area contributed by atoms with E-state index in [2.05, 4.69) is 5.32 Å². The smallest absolute Gasteiger partial charge is 0.262 e. The zero-order valence-electron chi connectivity index (χ0n) is 12.0. The van der Waals surface area contributed by atoms with Crippen LogP contribution in [0.2, 0.25) is 0 Å². The molecule has 1 amide bonds.